The van der Waals surface area contributed by atoms with E-state index in [9.17, 15) is 4.79 Å². The molecule has 1 aromatic rings. The predicted octanol–water partition coefficient (Wildman–Crippen LogP) is 2.03. The molecule has 4 nitrogen and oxygen atoms in total. The van der Waals surface area contributed by atoms with Gasteiger partial charge in [0, 0.05) is 23.8 Å². The largest absolute Gasteiger partial charge is 0.367 e. The minimum atomic E-state index is -0.0706. The molecule has 17 heavy (non-hydrogen) atoms. The maximum absolute atomic E-state index is 11.4. The Bertz CT molecular complexity index is 432. The number of aromatic nitrogens is 2. The Morgan fingerprint density at radius 2 is 2.41 bits per heavy atom. The first-order valence-corrected chi connectivity index (χ1v) is 7.39. The number of hydrogen-bond acceptors (Lipinski definition) is 4. The lowest BCUT2D eigenvalue weighted by Crippen LogP contribution is -2.20. The highest BCUT2D eigenvalue weighted by Crippen LogP contribution is 2.29. The molecule has 1 aromatic heterocycles. The molecule has 0 spiro atoms. The van der Waals surface area contributed by atoms with Crippen molar-refractivity contribution in [2.45, 2.75) is 43.9 Å². The highest BCUT2D eigenvalue weighted by atomic mass is 32.2. The van der Waals surface area contributed by atoms with E-state index in [1.165, 1.54) is 12.8 Å². The number of nitrogens with one attached hydrogen (secondary N) is 2. The zero-order valence-electron chi connectivity index (χ0n) is 10.3. The predicted molar refractivity (Wildman–Crippen MR) is 72.8 cm³/mol. The molecule has 0 aliphatic heterocycles. The number of aromatic amines is 1. The summed E-state index contributed by atoms with van der Waals surface area (Å²) >= 11 is 1.93. The average molecular weight is 253 g/mol. The molecule has 0 saturated heterocycles. The summed E-state index contributed by atoms with van der Waals surface area (Å²) in [5.74, 6) is 1.47. The third-order valence-corrected chi connectivity index (χ3v) is 4.29. The molecule has 2 N–H and O–H groups in total. The first-order chi connectivity index (χ1) is 8.21. The van der Waals surface area contributed by atoms with Crippen molar-refractivity contribution < 1.29 is 0 Å². The van der Waals surface area contributed by atoms with E-state index in [1.807, 2.05) is 18.7 Å². The minimum Gasteiger partial charge on any atom is -0.367 e. The number of rotatable bonds is 4. The number of thioether (sulfide) groups is 1. The molecule has 0 amide bonds. The normalized spacial score (nSPS) is 23.9. The molecular weight excluding hydrogens is 234 g/mol. The maximum Gasteiger partial charge on any atom is 0.252 e. The summed E-state index contributed by atoms with van der Waals surface area (Å²) in [6, 6.07) is 2.01. The highest BCUT2D eigenvalue weighted by Gasteiger charge is 2.24. The fourth-order valence-corrected chi connectivity index (χ4v) is 3.04. The highest BCUT2D eigenvalue weighted by molar-refractivity contribution is 7.99. The minimum absolute atomic E-state index is 0.0706. The van der Waals surface area contributed by atoms with Crippen LogP contribution in [-0.2, 0) is 6.42 Å². The molecule has 2 rings (SSSR count). The summed E-state index contributed by atoms with van der Waals surface area (Å²) < 4.78 is 0. The van der Waals surface area contributed by atoms with Gasteiger partial charge in [0.05, 0.1) is 0 Å². The van der Waals surface area contributed by atoms with Crippen molar-refractivity contribution in [2.75, 3.05) is 11.6 Å². The van der Waals surface area contributed by atoms with Gasteiger partial charge in [0.15, 0.2) is 0 Å². The maximum atomic E-state index is 11.4. The Labute approximate surface area is 106 Å². The molecule has 5 heteroatoms. The van der Waals surface area contributed by atoms with Gasteiger partial charge in [-0.15, -0.1) is 0 Å². The van der Waals surface area contributed by atoms with Crippen LogP contribution in [0.5, 0.6) is 0 Å². The van der Waals surface area contributed by atoms with Gasteiger partial charge in [-0.05, 0) is 25.5 Å². The quantitative estimate of drug-likeness (QED) is 0.862. The number of hydrogen-bond donors (Lipinski definition) is 2. The fourth-order valence-electron chi connectivity index (χ4n) is 2.24. The van der Waals surface area contributed by atoms with E-state index < -0.39 is 0 Å². The van der Waals surface area contributed by atoms with Crippen LogP contribution in [0.3, 0.4) is 0 Å². The molecule has 0 bridgehead atoms. The van der Waals surface area contributed by atoms with Gasteiger partial charge in [0.25, 0.3) is 5.56 Å². The van der Waals surface area contributed by atoms with Crippen LogP contribution in [0.1, 0.15) is 32.0 Å². The molecule has 1 aliphatic rings. The smallest absolute Gasteiger partial charge is 0.252 e. The summed E-state index contributed by atoms with van der Waals surface area (Å²) in [5.41, 5.74) is -0.0706. The second kappa shape index (κ2) is 5.58. The van der Waals surface area contributed by atoms with Gasteiger partial charge in [0.1, 0.15) is 11.6 Å². The van der Waals surface area contributed by atoms with Gasteiger partial charge in [0.2, 0.25) is 0 Å². The summed E-state index contributed by atoms with van der Waals surface area (Å²) in [4.78, 5) is 18.5. The lowest BCUT2D eigenvalue weighted by molar-refractivity contribution is 0.747. The van der Waals surface area contributed by atoms with Gasteiger partial charge < -0.3 is 10.3 Å². The molecule has 2 atom stereocenters. The zero-order valence-corrected chi connectivity index (χ0v) is 11.1. The van der Waals surface area contributed by atoms with E-state index in [0.29, 0.717) is 6.04 Å². The van der Waals surface area contributed by atoms with Gasteiger partial charge in [-0.25, -0.2) is 4.98 Å². The molecule has 0 radical (unpaired) electrons. The molecular formula is C12H19N3OS. The van der Waals surface area contributed by atoms with Crippen LogP contribution in [0.2, 0.25) is 0 Å². The average Bonchev–Trinajstić information content (AvgIpc) is 2.76. The number of aryl methyl sites for hydroxylation is 1. The van der Waals surface area contributed by atoms with Crippen molar-refractivity contribution in [3.05, 3.63) is 22.2 Å². The third-order valence-electron chi connectivity index (χ3n) is 3.20. The lowest BCUT2D eigenvalue weighted by Gasteiger charge is -2.13. The lowest BCUT2D eigenvalue weighted by atomic mass is 10.2. The fraction of sp³-hybridized carbons (Fsp3) is 0.667. The van der Waals surface area contributed by atoms with E-state index in [2.05, 4.69) is 21.5 Å². The van der Waals surface area contributed by atoms with Crippen molar-refractivity contribution in [1.82, 2.24) is 9.97 Å². The Balaban J connectivity index is 2.04. The molecule has 1 aliphatic carbocycles. The van der Waals surface area contributed by atoms with Crippen molar-refractivity contribution in [3.8, 4) is 0 Å². The standard InChI is InChI=1S/C12H19N3OS/c1-3-10-14-11(7-12(16)15-10)13-8-4-5-9(6-8)17-2/h7-9H,3-6H2,1-2H3,(H2,13,14,15,16). The Morgan fingerprint density at radius 3 is 3.06 bits per heavy atom. The van der Waals surface area contributed by atoms with Crippen LogP contribution >= 0.6 is 11.8 Å². The zero-order chi connectivity index (χ0) is 12.3. The Morgan fingerprint density at radius 1 is 1.59 bits per heavy atom. The van der Waals surface area contributed by atoms with Crippen LogP contribution < -0.4 is 10.9 Å². The number of nitrogens with zero attached hydrogens (tertiary/aromatic N) is 1. The molecule has 94 valence electrons. The summed E-state index contributed by atoms with van der Waals surface area (Å²) in [6.07, 6.45) is 6.50. The summed E-state index contributed by atoms with van der Waals surface area (Å²) in [7, 11) is 0. The Kier molecular flexibility index (Phi) is 4.10. The van der Waals surface area contributed by atoms with Crippen molar-refractivity contribution in [2.24, 2.45) is 0 Å². The van der Waals surface area contributed by atoms with E-state index in [-0.39, 0.29) is 5.56 Å². The van der Waals surface area contributed by atoms with Gasteiger partial charge >= 0.3 is 0 Å². The summed E-state index contributed by atoms with van der Waals surface area (Å²) in [6.45, 7) is 1.99. The van der Waals surface area contributed by atoms with Crippen LogP contribution in [0.4, 0.5) is 5.82 Å². The third kappa shape index (κ3) is 3.25. The SMILES string of the molecule is CCc1nc(NC2CCC(SC)C2)cc(=O)[nH]1. The summed E-state index contributed by atoms with van der Waals surface area (Å²) in [5, 5.41) is 4.13. The van der Waals surface area contributed by atoms with Crippen LogP contribution in [0, 0.1) is 0 Å². The number of anilines is 1. The van der Waals surface area contributed by atoms with E-state index in [0.717, 1.165) is 29.7 Å². The van der Waals surface area contributed by atoms with Gasteiger partial charge in [-0.1, -0.05) is 6.92 Å². The number of H-pyrrole nitrogens is 1. The molecule has 1 saturated carbocycles. The monoisotopic (exact) mass is 253 g/mol. The molecule has 1 heterocycles. The second-order valence-electron chi connectivity index (χ2n) is 4.44. The Hall–Kier alpha value is -0.970. The molecule has 2 unspecified atom stereocenters. The van der Waals surface area contributed by atoms with Crippen LogP contribution in [-0.4, -0.2) is 27.5 Å². The topological polar surface area (TPSA) is 57.8 Å². The van der Waals surface area contributed by atoms with Crippen LogP contribution in [0.15, 0.2) is 10.9 Å². The first-order valence-electron chi connectivity index (χ1n) is 6.10. The van der Waals surface area contributed by atoms with Crippen molar-refractivity contribution >= 4 is 17.6 Å². The van der Waals surface area contributed by atoms with Crippen LogP contribution in [0.25, 0.3) is 0 Å². The van der Waals surface area contributed by atoms with Gasteiger partial charge in [-0.3, -0.25) is 4.79 Å². The van der Waals surface area contributed by atoms with E-state index in [1.54, 1.807) is 6.07 Å². The van der Waals surface area contributed by atoms with E-state index >= 15 is 0 Å². The molecule has 1 fully saturated rings. The second-order valence-corrected chi connectivity index (χ2v) is 5.58. The van der Waals surface area contributed by atoms with E-state index in [4.69, 9.17) is 0 Å². The molecule has 0 aromatic carbocycles. The first kappa shape index (κ1) is 12.5. The van der Waals surface area contributed by atoms with Gasteiger partial charge in [-0.2, -0.15) is 11.8 Å². The van der Waals surface area contributed by atoms with Crippen molar-refractivity contribution in [3.63, 3.8) is 0 Å². The van der Waals surface area contributed by atoms with Crippen molar-refractivity contribution in [1.29, 1.82) is 0 Å².